The first-order valence-corrected chi connectivity index (χ1v) is 8.58. The van der Waals surface area contributed by atoms with E-state index in [9.17, 15) is 0 Å². The topological polar surface area (TPSA) is 99.4 Å². The van der Waals surface area contributed by atoms with E-state index in [4.69, 9.17) is 18.6 Å². The van der Waals surface area contributed by atoms with Gasteiger partial charge in [-0.25, -0.2) is 23.2 Å². The highest BCUT2D eigenvalue weighted by Crippen LogP contribution is 2.13. The molecule has 0 saturated carbocycles. The van der Waals surface area contributed by atoms with Crippen LogP contribution in [0.2, 0.25) is 0 Å². The van der Waals surface area contributed by atoms with Crippen molar-refractivity contribution in [3.8, 4) is 0 Å². The number of aryl methyl sites for hydroxylation is 1. The second-order valence-corrected chi connectivity index (χ2v) is 6.14. The van der Waals surface area contributed by atoms with Gasteiger partial charge in [-0.3, -0.25) is 0 Å². The first-order valence-electron chi connectivity index (χ1n) is 7.34. The molecule has 134 valence electrons. The minimum absolute atomic E-state index is 1.20. The zero-order chi connectivity index (χ0) is 18.9. The van der Waals surface area contributed by atoms with Gasteiger partial charge < -0.3 is 4.90 Å². The van der Waals surface area contributed by atoms with Crippen molar-refractivity contribution in [2.24, 2.45) is 7.05 Å². The van der Waals surface area contributed by atoms with Gasteiger partial charge in [0.05, 0.1) is 0 Å². The molecule has 0 fully saturated rings. The van der Waals surface area contributed by atoms with Crippen LogP contribution in [0.25, 0.3) is 12.2 Å². The Morgan fingerprint density at radius 1 is 0.800 bits per heavy atom. The van der Waals surface area contributed by atoms with Crippen LogP contribution in [-0.2, 0) is 7.05 Å². The predicted molar refractivity (Wildman–Crippen MR) is 86.5 cm³/mol. The number of nitrogens with zero attached hydrogens (tertiary/aromatic N) is 2. The van der Waals surface area contributed by atoms with Gasteiger partial charge in [0.1, 0.15) is 7.05 Å². The summed E-state index contributed by atoms with van der Waals surface area (Å²) in [7, 11) is 1.17. The fourth-order valence-electron chi connectivity index (χ4n) is 1.84. The molecule has 1 aromatic carbocycles. The van der Waals surface area contributed by atoms with Gasteiger partial charge in [0.25, 0.3) is 0 Å². The highest BCUT2D eigenvalue weighted by atomic mass is 35.7. The molecule has 0 amide bonds. The van der Waals surface area contributed by atoms with E-state index in [0.29, 0.717) is 0 Å². The average Bonchev–Trinajstić information content (AvgIpc) is 2.52. The van der Waals surface area contributed by atoms with Gasteiger partial charge in [-0.05, 0) is 23.3 Å². The second-order valence-electron chi connectivity index (χ2n) is 5.38. The summed E-state index contributed by atoms with van der Waals surface area (Å²) in [6.45, 7) is 0. The molecule has 6 nitrogen and oxygen atoms in total. The van der Waals surface area contributed by atoms with Gasteiger partial charge in [0.2, 0.25) is 0 Å². The number of pyridine rings is 1. The number of aromatic nitrogens is 1. The molecule has 7 heteroatoms. The van der Waals surface area contributed by atoms with E-state index in [1.54, 1.807) is 0 Å². The lowest BCUT2D eigenvalue weighted by molar-refractivity contribution is -2.00. The third kappa shape index (κ3) is 10.3. The van der Waals surface area contributed by atoms with Crippen LogP contribution in [0.1, 0.15) is 11.1 Å². The lowest BCUT2D eigenvalue weighted by Crippen LogP contribution is -2.68. The minimum Gasteiger partial charge on any atom is -0.378 e. The molecule has 2 aromatic rings. The minimum atomic E-state index is -4.94. The summed E-state index contributed by atoms with van der Waals surface area (Å²) < 4.78 is 36.0. The van der Waals surface area contributed by atoms with E-state index >= 15 is 0 Å². The molecule has 0 radical (unpaired) electrons. The maximum absolute atomic E-state index is 8.49. The smallest absolute Gasteiger partial charge is 0.169 e. The average molecular weight is 365 g/mol. The summed E-state index contributed by atoms with van der Waals surface area (Å²) in [4.78, 5) is 2.10. The highest BCUT2D eigenvalue weighted by molar-refractivity contribution is 5.59. The first kappa shape index (κ1) is 20.8. The third-order valence-electron chi connectivity index (χ3n) is 3.10. The molecule has 0 spiro atoms. The predicted octanol–water partition coefficient (Wildman–Crippen LogP) is -1.45. The van der Waals surface area contributed by atoms with E-state index in [-0.39, 0.29) is 0 Å². The van der Waals surface area contributed by atoms with Crippen molar-refractivity contribution in [3.05, 3.63) is 72.1 Å². The summed E-state index contributed by atoms with van der Waals surface area (Å²) in [6, 6.07) is 12.7. The van der Waals surface area contributed by atoms with Crippen molar-refractivity contribution >= 4 is 17.8 Å². The van der Waals surface area contributed by atoms with Gasteiger partial charge in [-0.2, -0.15) is 0 Å². The number of rotatable bonds is 4. The maximum Gasteiger partial charge on any atom is 0.169 e. The van der Waals surface area contributed by atoms with Crippen molar-refractivity contribution in [1.29, 1.82) is 0 Å². The third-order valence-corrected chi connectivity index (χ3v) is 3.10. The number of anilines is 1. The number of hydrogen-bond donors (Lipinski definition) is 0. The molecule has 0 aliphatic heterocycles. The van der Waals surface area contributed by atoms with Crippen LogP contribution in [-0.4, -0.2) is 14.1 Å². The van der Waals surface area contributed by atoms with Crippen LogP contribution in [0, 0.1) is 10.2 Å². The molecule has 0 bridgehead atoms. The quantitative estimate of drug-likeness (QED) is 0.488. The normalized spacial score (nSPS) is 11.5. The van der Waals surface area contributed by atoms with E-state index in [2.05, 4.69) is 65.6 Å². The zero-order valence-corrected chi connectivity index (χ0v) is 15.1. The first-order chi connectivity index (χ1) is 11.6. The van der Waals surface area contributed by atoms with Crippen molar-refractivity contribution in [3.63, 3.8) is 0 Å². The van der Waals surface area contributed by atoms with Gasteiger partial charge in [0.15, 0.2) is 12.4 Å². The van der Waals surface area contributed by atoms with Gasteiger partial charge in [-0.1, -0.05) is 36.4 Å². The lowest BCUT2D eigenvalue weighted by Gasteiger charge is -2.17. The number of allylic oxidation sites excluding steroid dienone is 2. The van der Waals surface area contributed by atoms with Crippen LogP contribution in [0.15, 0.2) is 60.9 Å². The Kier molecular flexibility index (Phi) is 8.27. The van der Waals surface area contributed by atoms with Crippen LogP contribution in [0.4, 0.5) is 5.69 Å². The van der Waals surface area contributed by atoms with E-state index < -0.39 is 10.2 Å². The molecule has 1 aromatic heterocycles. The summed E-state index contributed by atoms with van der Waals surface area (Å²) >= 11 is 0. The van der Waals surface area contributed by atoms with E-state index in [0.717, 1.165) is 0 Å². The van der Waals surface area contributed by atoms with Gasteiger partial charge in [0, 0.05) is 31.9 Å². The molecular weight excluding hydrogens is 344 g/mol. The molecule has 2 rings (SSSR count). The number of benzene rings is 1. The van der Waals surface area contributed by atoms with Crippen LogP contribution in [0.3, 0.4) is 0 Å². The monoisotopic (exact) mass is 364 g/mol. The van der Waals surface area contributed by atoms with Crippen LogP contribution >= 0.6 is 0 Å². The largest absolute Gasteiger partial charge is 0.378 e. The summed E-state index contributed by atoms with van der Waals surface area (Å²) in [5, 5.41) is 0. The highest BCUT2D eigenvalue weighted by Gasteiger charge is 1.93. The Labute approximate surface area is 149 Å². The molecule has 0 atom stereocenters. The summed E-state index contributed by atoms with van der Waals surface area (Å²) in [6.07, 6.45) is 12.4. The molecule has 0 aliphatic carbocycles. The van der Waals surface area contributed by atoms with Crippen molar-refractivity contribution in [2.75, 3.05) is 19.0 Å². The number of halogens is 1. The fourth-order valence-corrected chi connectivity index (χ4v) is 1.84. The van der Waals surface area contributed by atoms with Crippen LogP contribution in [0.5, 0.6) is 0 Å². The fraction of sp³-hybridized carbons (Fsp3) is 0.167. The SMILES string of the molecule is CN(C)c1ccc(C=CC=Cc2cc[n+](C)cc2)cc1.[O-][Cl+3]([O-])([O-])[O-]. The van der Waals surface area contributed by atoms with Gasteiger partial charge >= 0.3 is 0 Å². The lowest BCUT2D eigenvalue weighted by atomic mass is 10.2. The van der Waals surface area contributed by atoms with E-state index in [1.807, 2.05) is 38.1 Å². The second kappa shape index (κ2) is 9.93. The molecule has 0 unspecified atom stereocenters. The Bertz CT molecular complexity index is 685. The molecule has 25 heavy (non-hydrogen) atoms. The van der Waals surface area contributed by atoms with Crippen LogP contribution < -0.4 is 28.1 Å². The zero-order valence-electron chi connectivity index (χ0n) is 14.3. The van der Waals surface area contributed by atoms with Gasteiger partial charge in [-0.15, -0.1) is 10.2 Å². The van der Waals surface area contributed by atoms with E-state index in [1.165, 1.54) is 16.8 Å². The maximum atomic E-state index is 8.49. The molecule has 1 heterocycles. The van der Waals surface area contributed by atoms with Crippen molar-refractivity contribution < 1.29 is 33.4 Å². The Morgan fingerprint density at radius 2 is 1.20 bits per heavy atom. The standard InChI is InChI=1S/C18H21N2.ClHO4/c1-19(2)18-10-8-16(9-11-18)6-4-5-7-17-12-14-20(3)15-13-17;2-1(3,4)5/h4-15H,1-3H3;(H,2,3,4,5)/q+1;/p-1. The summed E-state index contributed by atoms with van der Waals surface area (Å²) in [5.74, 6) is 0. The van der Waals surface area contributed by atoms with Crippen molar-refractivity contribution in [1.82, 2.24) is 0 Å². The Morgan fingerprint density at radius 3 is 1.60 bits per heavy atom. The van der Waals surface area contributed by atoms with Crippen molar-refractivity contribution in [2.45, 2.75) is 0 Å². The Balaban J connectivity index is 0.000000550. The molecule has 0 saturated heterocycles. The molecule has 0 N–H and O–H groups in total. The summed E-state index contributed by atoms with van der Waals surface area (Å²) in [5.41, 5.74) is 3.63. The molecular formula is C18H21ClN2O4. The number of hydrogen-bond acceptors (Lipinski definition) is 5. The Hall–Kier alpha value is -2.22. The molecule has 0 aliphatic rings.